The maximum absolute atomic E-state index is 11.7. The van der Waals surface area contributed by atoms with Gasteiger partial charge < -0.3 is 21.5 Å². The lowest BCUT2D eigenvalue weighted by atomic mass is 9.85. The number of nitrogens with zero attached hydrogens (tertiary/aromatic N) is 2. The van der Waals surface area contributed by atoms with E-state index in [9.17, 15) is 9.90 Å². The van der Waals surface area contributed by atoms with Crippen LogP contribution < -0.4 is 16.4 Å². The van der Waals surface area contributed by atoms with Crippen molar-refractivity contribution in [1.29, 1.82) is 0 Å². The van der Waals surface area contributed by atoms with Gasteiger partial charge in [-0.25, -0.2) is 4.98 Å². The molecule has 1 aromatic rings. The Kier molecular flexibility index (Phi) is 3.65. The van der Waals surface area contributed by atoms with E-state index in [1.165, 1.54) is 13.1 Å². The number of amides is 1. The summed E-state index contributed by atoms with van der Waals surface area (Å²) in [7, 11) is 0. The van der Waals surface area contributed by atoms with E-state index in [1.807, 2.05) is 20.8 Å². The van der Waals surface area contributed by atoms with Gasteiger partial charge in [0.2, 0.25) is 5.95 Å². The lowest BCUT2D eigenvalue weighted by molar-refractivity contribution is 0.0739. The third kappa shape index (κ3) is 4.79. The van der Waals surface area contributed by atoms with Crippen LogP contribution in [0.25, 0.3) is 0 Å². The fourth-order valence-corrected chi connectivity index (χ4v) is 2.14. The summed E-state index contributed by atoms with van der Waals surface area (Å²) in [5.74, 6) is -2.36. The van der Waals surface area contributed by atoms with Crippen LogP contribution in [0.15, 0.2) is 6.20 Å². The Balaban J connectivity index is 2.39. The summed E-state index contributed by atoms with van der Waals surface area (Å²) in [6, 6.07) is -1.68. The topological polar surface area (TPSA) is 113 Å². The first-order valence-corrected chi connectivity index (χ1v) is 7.48. The van der Waals surface area contributed by atoms with Gasteiger partial charge in [0.25, 0.3) is 5.91 Å². The van der Waals surface area contributed by atoms with Gasteiger partial charge in [-0.2, -0.15) is 4.98 Å². The van der Waals surface area contributed by atoms with Crippen LogP contribution in [0.4, 0.5) is 11.8 Å². The number of hydrogen-bond donors (Lipinski definition) is 4. The molecule has 0 radical (unpaired) electrons. The molecule has 0 spiro atoms. The van der Waals surface area contributed by atoms with Crippen LogP contribution in [-0.4, -0.2) is 38.6 Å². The maximum Gasteiger partial charge on any atom is 0.254 e. The van der Waals surface area contributed by atoms with E-state index in [-0.39, 0.29) is 35.7 Å². The standard InChI is InChI=1S/C16H27N5O2/c1-9-5-6-10(7-12(9)22)19-14-11(13(17)23)8-18-15(20-14)21-16(2,3)4/h8-10,12,22H,5-7H2,1-4H3,(H2,17,23)(H2,18,19,20,21)/i5D2,9D,10D. The van der Waals surface area contributed by atoms with Crippen molar-refractivity contribution in [2.24, 2.45) is 11.6 Å². The molecule has 7 heteroatoms. The molecule has 0 saturated heterocycles. The Bertz CT molecular complexity index is 738. The van der Waals surface area contributed by atoms with Crippen LogP contribution in [-0.2, 0) is 0 Å². The minimum atomic E-state index is -2.13. The normalized spacial score (nSPS) is 36.1. The summed E-state index contributed by atoms with van der Waals surface area (Å²) < 4.78 is 32.9. The molecule has 3 unspecified atom stereocenters. The summed E-state index contributed by atoms with van der Waals surface area (Å²) in [6.45, 7) is 7.01. The molecule has 0 aromatic carbocycles. The van der Waals surface area contributed by atoms with Crippen LogP contribution in [0, 0.1) is 5.89 Å². The Hall–Kier alpha value is -1.89. The Morgan fingerprint density at radius 3 is 2.83 bits per heavy atom. The minimum absolute atomic E-state index is 0.0177. The fourth-order valence-electron chi connectivity index (χ4n) is 2.14. The Morgan fingerprint density at radius 2 is 2.26 bits per heavy atom. The summed E-state index contributed by atoms with van der Waals surface area (Å²) in [5, 5.41) is 16.0. The van der Waals surface area contributed by atoms with Gasteiger partial charge in [0, 0.05) is 21.9 Å². The van der Waals surface area contributed by atoms with Gasteiger partial charge in [-0.15, -0.1) is 0 Å². The maximum atomic E-state index is 11.7. The molecule has 23 heavy (non-hydrogen) atoms. The number of aliphatic hydroxyl groups excluding tert-OH is 1. The number of carbonyl (C=O) groups is 1. The first kappa shape index (κ1) is 12.5. The number of aliphatic hydroxyl groups is 1. The first-order valence-electron chi connectivity index (χ1n) is 9.48. The highest BCUT2D eigenvalue weighted by Gasteiger charge is 2.27. The van der Waals surface area contributed by atoms with Gasteiger partial charge in [-0.1, -0.05) is 6.92 Å². The zero-order valence-corrected chi connectivity index (χ0v) is 13.9. The lowest BCUT2D eigenvalue weighted by Crippen LogP contribution is -2.36. The average molecular weight is 325 g/mol. The fraction of sp³-hybridized carbons (Fsp3) is 0.688. The van der Waals surface area contributed by atoms with Crippen molar-refractivity contribution in [3.05, 3.63) is 11.8 Å². The second kappa shape index (κ2) is 6.70. The van der Waals surface area contributed by atoms with E-state index in [1.54, 1.807) is 0 Å². The van der Waals surface area contributed by atoms with Crippen LogP contribution in [0.2, 0.25) is 0 Å². The zero-order valence-electron chi connectivity index (χ0n) is 17.9. The third-order valence-corrected chi connectivity index (χ3v) is 3.36. The van der Waals surface area contributed by atoms with E-state index in [0.717, 1.165) is 0 Å². The van der Waals surface area contributed by atoms with Gasteiger partial charge in [-0.3, -0.25) is 4.79 Å². The van der Waals surface area contributed by atoms with Crippen molar-refractivity contribution in [3.8, 4) is 0 Å². The molecule has 3 atom stereocenters. The number of carbonyl (C=O) groups excluding carboxylic acids is 1. The van der Waals surface area contributed by atoms with Crippen molar-refractivity contribution in [1.82, 2.24) is 9.97 Å². The molecule has 128 valence electrons. The lowest BCUT2D eigenvalue weighted by Gasteiger charge is -2.32. The predicted molar refractivity (Wildman–Crippen MR) is 90.4 cm³/mol. The number of rotatable bonds is 4. The number of hydrogen-bond acceptors (Lipinski definition) is 6. The number of anilines is 2. The van der Waals surface area contributed by atoms with Crippen LogP contribution in [0.3, 0.4) is 0 Å². The van der Waals surface area contributed by atoms with Crippen LogP contribution >= 0.6 is 0 Å². The number of primary amides is 1. The van der Waals surface area contributed by atoms with Crippen molar-refractivity contribution < 1.29 is 15.4 Å². The molecule has 7 nitrogen and oxygen atoms in total. The third-order valence-electron chi connectivity index (χ3n) is 3.36. The molecule has 1 aromatic heterocycles. The van der Waals surface area contributed by atoms with Gasteiger partial charge in [-0.05, 0) is 45.9 Å². The van der Waals surface area contributed by atoms with E-state index in [2.05, 4.69) is 20.6 Å². The molecule has 1 aliphatic rings. The molecule has 2 rings (SSSR count). The highest BCUT2D eigenvalue weighted by Crippen LogP contribution is 2.27. The molecular weight excluding hydrogens is 294 g/mol. The molecule has 0 aliphatic heterocycles. The van der Waals surface area contributed by atoms with Crippen molar-refractivity contribution in [2.75, 3.05) is 10.6 Å². The van der Waals surface area contributed by atoms with E-state index < -0.39 is 30.3 Å². The van der Waals surface area contributed by atoms with Crippen molar-refractivity contribution in [3.63, 3.8) is 0 Å². The van der Waals surface area contributed by atoms with Gasteiger partial charge in [0.05, 0.1) is 13.0 Å². The molecular formula is C16H27N5O2. The number of nitrogens with two attached hydrogens (primary N) is 1. The number of nitrogens with one attached hydrogen (secondary N) is 2. The minimum Gasteiger partial charge on any atom is -0.393 e. The van der Waals surface area contributed by atoms with Gasteiger partial charge in [0.1, 0.15) is 5.82 Å². The first-order chi connectivity index (χ1) is 12.1. The SMILES string of the molecule is [2H]C1(Nc2nc(NC(C)(C)C)ncc2C(N)=O)CC(O)C([2H])(C)C([2H])([2H])C1. The van der Waals surface area contributed by atoms with E-state index in [0.29, 0.717) is 0 Å². The van der Waals surface area contributed by atoms with Crippen molar-refractivity contribution in [2.45, 2.75) is 64.6 Å². The quantitative estimate of drug-likeness (QED) is 0.671. The zero-order chi connectivity index (χ0) is 20.8. The van der Waals surface area contributed by atoms with E-state index >= 15 is 0 Å². The largest absolute Gasteiger partial charge is 0.393 e. The summed E-state index contributed by atoms with van der Waals surface area (Å²) in [5.41, 5.74) is 4.97. The molecule has 1 amide bonds. The molecule has 1 fully saturated rings. The van der Waals surface area contributed by atoms with Crippen LogP contribution in [0.5, 0.6) is 0 Å². The van der Waals surface area contributed by atoms with E-state index in [4.69, 9.17) is 11.2 Å². The van der Waals surface area contributed by atoms with Crippen LogP contribution in [0.1, 0.15) is 62.8 Å². The average Bonchev–Trinajstić information content (AvgIpc) is 2.42. The molecule has 1 aliphatic carbocycles. The summed E-state index contributed by atoms with van der Waals surface area (Å²) in [4.78, 5) is 20.0. The van der Waals surface area contributed by atoms with Gasteiger partial charge >= 0.3 is 0 Å². The summed E-state index contributed by atoms with van der Waals surface area (Å²) in [6.07, 6.45) is -2.86. The Morgan fingerprint density at radius 1 is 1.57 bits per heavy atom. The smallest absolute Gasteiger partial charge is 0.254 e. The monoisotopic (exact) mass is 325 g/mol. The molecule has 1 heterocycles. The Labute approximate surface area is 142 Å². The summed E-state index contributed by atoms with van der Waals surface area (Å²) >= 11 is 0. The molecule has 1 saturated carbocycles. The van der Waals surface area contributed by atoms with Gasteiger partial charge in [0.15, 0.2) is 0 Å². The molecule has 5 N–H and O–H groups in total. The van der Waals surface area contributed by atoms with Crippen molar-refractivity contribution >= 4 is 17.7 Å². The second-order valence-electron chi connectivity index (χ2n) is 6.68. The molecule has 0 bridgehead atoms. The highest BCUT2D eigenvalue weighted by atomic mass is 16.3. The predicted octanol–water partition coefficient (Wildman–Crippen LogP) is 1.75. The second-order valence-corrected chi connectivity index (χ2v) is 6.68. The number of aromatic nitrogens is 2. The highest BCUT2D eigenvalue weighted by molar-refractivity contribution is 5.97.